The van der Waals surface area contributed by atoms with Crippen LogP contribution in [0.5, 0.6) is 5.75 Å². The van der Waals surface area contributed by atoms with Crippen LogP contribution in [-0.4, -0.2) is 21.9 Å². The molecule has 4 nitrogen and oxygen atoms in total. The van der Waals surface area contributed by atoms with Crippen molar-refractivity contribution in [1.29, 1.82) is 0 Å². The molecule has 0 aliphatic heterocycles. The van der Waals surface area contributed by atoms with Gasteiger partial charge in [0.15, 0.2) is 5.82 Å². The first-order valence-corrected chi connectivity index (χ1v) is 8.94. The molecule has 0 radical (unpaired) electrons. The molecule has 0 bridgehead atoms. The largest absolute Gasteiger partial charge is 0.497 e. The second kappa shape index (κ2) is 7.46. The molecule has 4 rings (SSSR count). The summed E-state index contributed by atoms with van der Waals surface area (Å²) in [4.78, 5) is 4.72. The van der Waals surface area contributed by atoms with Crippen LogP contribution in [0.4, 0.5) is 0 Å². The van der Waals surface area contributed by atoms with Crippen LogP contribution in [0.25, 0.3) is 11.4 Å². The number of methoxy groups -OCH3 is 1. The Morgan fingerprint density at radius 2 is 1.33 bits per heavy atom. The molecule has 0 fully saturated rings. The molecular formula is C23H21N3O. The van der Waals surface area contributed by atoms with Crippen LogP contribution in [0.1, 0.15) is 23.0 Å². The van der Waals surface area contributed by atoms with Gasteiger partial charge < -0.3 is 4.74 Å². The van der Waals surface area contributed by atoms with Gasteiger partial charge in [-0.1, -0.05) is 60.7 Å². The molecule has 0 aliphatic rings. The maximum Gasteiger partial charge on any atom is 0.159 e. The predicted molar refractivity (Wildman–Crippen MR) is 107 cm³/mol. The Hall–Kier alpha value is -3.40. The van der Waals surface area contributed by atoms with E-state index >= 15 is 0 Å². The minimum atomic E-state index is -0.0503. The summed E-state index contributed by atoms with van der Waals surface area (Å²) in [6.07, 6.45) is 0. The lowest BCUT2D eigenvalue weighted by Gasteiger charge is -2.20. The maximum absolute atomic E-state index is 5.28. The van der Waals surface area contributed by atoms with E-state index in [4.69, 9.17) is 14.8 Å². The summed E-state index contributed by atoms with van der Waals surface area (Å²) in [5.74, 6) is 2.41. The molecule has 1 aromatic heterocycles. The molecule has 0 aliphatic carbocycles. The summed E-state index contributed by atoms with van der Waals surface area (Å²) in [6.45, 7) is 1.93. The van der Waals surface area contributed by atoms with Gasteiger partial charge in [-0.25, -0.2) is 9.67 Å². The summed E-state index contributed by atoms with van der Waals surface area (Å²) in [5.41, 5.74) is 3.35. The molecule has 0 spiro atoms. The molecule has 0 N–H and O–H groups in total. The highest BCUT2D eigenvalue weighted by Crippen LogP contribution is 2.31. The number of hydrogen-bond acceptors (Lipinski definition) is 3. The van der Waals surface area contributed by atoms with Crippen molar-refractivity contribution in [3.05, 3.63) is 102 Å². The van der Waals surface area contributed by atoms with Gasteiger partial charge in [0, 0.05) is 5.56 Å². The Balaban J connectivity index is 1.88. The predicted octanol–water partition coefficient (Wildman–Crippen LogP) is 4.90. The van der Waals surface area contributed by atoms with Crippen molar-refractivity contribution in [2.24, 2.45) is 0 Å². The van der Waals surface area contributed by atoms with Crippen molar-refractivity contribution < 1.29 is 4.74 Å². The highest BCUT2D eigenvalue weighted by Gasteiger charge is 2.22. The highest BCUT2D eigenvalue weighted by atomic mass is 16.5. The first-order valence-electron chi connectivity index (χ1n) is 8.94. The van der Waals surface area contributed by atoms with Crippen LogP contribution in [-0.2, 0) is 0 Å². The number of aromatic nitrogens is 3. The van der Waals surface area contributed by atoms with E-state index in [9.17, 15) is 0 Å². The fourth-order valence-electron chi connectivity index (χ4n) is 3.29. The van der Waals surface area contributed by atoms with Crippen molar-refractivity contribution in [2.75, 3.05) is 7.11 Å². The van der Waals surface area contributed by atoms with E-state index < -0.39 is 0 Å². The van der Waals surface area contributed by atoms with Crippen LogP contribution >= 0.6 is 0 Å². The van der Waals surface area contributed by atoms with Crippen molar-refractivity contribution in [3.8, 4) is 17.1 Å². The van der Waals surface area contributed by atoms with Gasteiger partial charge in [-0.15, -0.1) is 0 Å². The molecule has 0 atom stereocenters. The fraction of sp³-hybridized carbons (Fsp3) is 0.130. The van der Waals surface area contributed by atoms with E-state index in [1.165, 1.54) is 11.1 Å². The Kier molecular flexibility index (Phi) is 4.71. The third-order valence-electron chi connectivity index (χ3n) is 4.56. The second-order valence-corrected chi connectivity index (χ2v) is 6.38. The number of benzene rings is 3. The quantitative estimate of drug-likeness (QED) is 0.511. The third kappa shape index (κ3) is 3.47. The van der Waals surface area contributed by atoms with Gasteiger partial charge in [0.1, 0.15) is 17.6 Å². The average molecular weight is 355 g/mol. The van der Waals surface area contributed by atoms with Crippen LogP contribution in [0.3, 0.4) is 0 Å². The summed E-state index contributed by atoms with van der Waals surface area (Å²) >= 11 is 0. The summed E-state index contributed by atoms with van der Waals surface area (Å²) in [5, 5.41) is 4.76. The minimum absolute atomic E-state index is 0.0503. The zero-order valence-electron chi connectivity index (χ0n) is 15.4. The van der Waals surface area contributed by atoms with Gasteiger partial charge in [0.05, 0.1) is 7.11 Å². The summed E-state index contributed by atoms with van der Waals surface area (Å²) < 4.78 is 7.30. The number of hydrogen-bond donors (Lipinski definition) is 0. The fourth-order valence-corrected chi connectivity index (χ4v) is 3.29. The molecule has 0 saturated carbocycles. The van der Waals surface area contributed by atoms with E-state index in [0.29, 0.717) is 0 Å². The zero-order chi connectivity index (χ0) is 18.6. The lowest BCUT2D eigenvalue weighted by atomic mass is 9.98. The van der Waals surface area contributed by atoms with E-state index in [1.54, 1.807) is 7.11 Å². The molecule has 0 unspecified atom stereocenters. The van der Waals surface area contributed by atoms with Gasteiger partial charge in [0.25, 0.3) is 0 Å². The molecule has 4 heteroatoms. The van der Waals surface area contributed by atoms with Crippen molar-refractivity contribution in [3.63, 3.8) is 0 Å². The first-order chi connectivity index (χ1) is 13.3. The van der Waals surface area contributed by atoms with Crippen LogP contribution in [0.2, 0.25) is 0 Å². The highest BCUT2D eigenvalue weighted by molar-refractivity contribution is 5.57. The second-order valence-electron chi connectivity index (χ2n) is 6.38. The van der Waals surface area contributed by atoms with Crippen LogP contribution < -0.4 is 4.74 Å². The third-order valence-corrected chi connectivity index (χ3v) is 4.56. The molecular weight excluding hydrogens is 334 g/mol. The Bertz CT molecular complexity index is 969. The number of rotatable bonds is 5. The van der Waals surface area contributed by atoms with E-state index in [1.807, 2.05) is 48.0 Å². The smallest absolute Gasteiger partial charge is 0.159 e. The van der Waals surface area contributed by atoms with Gasteiger partial charge in [-0.05, 0) is 42.3 Å². The molecule has 1 heterocycles. The van der Waals surface area contributed by atoms with E-state index in [2.05, 4.69) is 48.5 Å². The minimum Gasteiger partial charge on any atom is -0.497 e. The number of ether oxygens (including phenoxy) is 1. The molecule has 3 aromatic carbocycles. The first kappa shape index (κ1) is 17.0. The zero-order valence-corrected chi connectivity index (χ0v) is 15.4. The Morgan fingerprint density at radius 1 is 0.778 bits per heavy atom. The van der Waals surface area contributed by atoms with Gasteiger partial charge in [0.2, 0.25) is 0 Å². The van der Waals surface area contributed by atoms with Crippen LogP contribution in [0, 0.1) is 6.92 Å². The summed E-state index contributed by atoms with van der Waals surface area (Å²) in [7, 11) is 1.67. The van der Waals surface area contributed by atoms with E-state index in [0.717, 1.165) is 23.0 Å². The molecule has 0 saturated heterocycles. The number of nitrogens with zero attached hydrogens (tertiary/aromatic N) is 3. The molecule has 134 valence electrons. The molecule has 27 heavy (non-hydrogen) atoms. The molecule has 4 aromatic rings. The van der Waals surface area contributed by atoms with Crippen molar-refractivity contribution in [1.82, 2.24) is 14.8 Å². The standard InChI is InChI=1S/C23H21N3O/c1-17-24-23(20-13-15-21(27-2)16-14-20)26(25-17)22(18-9-5-3-6-10-18)19-11-7-4-8-12-19/h3-16,22H,1-2H3. The van der Waals surface area contributed by atoms with Crippen LogP contribution in [0.15, 0.2) is 84.9 Å². The van der Waals surface area contributed by atoms with Crippen molar-refractivity contribution >= 4 is 0 Å². The average Bonchev–Trinajstić information content (AvgIpc) is 3.11. The maximum atomic E-state index is 5.28. The van der Waals surface area contributed by atoms with Gasteiger partial charge >= 0.3 is 0 Å². The number of aryl methyl sites for hydroxylation is 1. The lowest BCUT2D eigenvalue weighted by Crippen LogP contribution is -2.15. The normalized spacial score (nSPS) is 10.9. The SMILES string of the molecule is COc1ccc(-c2nc(C)nn2C(c2ccccc2)c2ccccc2)cc1. The van der Waals surface area contributed by atoms with Gasteiger partial charge in [-0.3, -0.25) is 0 Å². The lowest BCUT2D eigenvalue weighted by molar-refractivity contribution is 0.415. The monoisotopic (exact) mass is 355 g/mol. The molecule has 0 amide bonds. The summed E-state index contributed by atoms with van der Waals surface area (Å²) in [6, 6.07) is 28.7. The van der Waals surface area contributed by atoms with E-state index in [-0.39, 0.29) is 6.04 Å². The topological polar surface area (TPSA) is 39.9 Å². The van der Waals surface area contributed by atoms with Crippen molar-refractivity contribution in [2.45, 2.75) is 13.0 Å². The Labute approximate surface area is 159 Å². The van der Waals surface area contributed by atoms with Gasteiger partial charge in [-0.2, -0.15) is 5.10 Å². The Morgan fingerprint density at radius 3 is 1.85 bits per heavy atom.